The van der Waals surface area contributed by atoms with Gasteiger partial charge in [0.15, 0.2) is 23.4 Å². The molecule has 2 aliphatic heterocycles. The molecule has 1 aromatic rings. The molecule has 2 aliphatic carbocycles. The van der Waals surface area contributed by atoms with E-state index in [1.807, 2.05) is 12.1 Å². The molecule has 2 fully saturated rings. The number of carbonyl (C=O) groups is 1. The molecular weight excluding hydrogens is 306 g/mol. The van der Waals surface area contributed by atoms with Crippen LogP contribution >= 0.6 is 0 Å². The van der Waals surface area contributed by atoms with Crippen LogP contribution in [0, 0.1) is 0 Å². The van der Waals surface area contributed by atoms with Gasteiger partial charge in [-0.15, -0.1) is 6.58 Å². The van der Waals surface area contributed by atoms with Gasteiger partial charge in [0, 0.05) is 31.1 Å². The first-order valence-corrected chi connectivity index (χ1v) is 8.65. The number of phenolic OH excluding ortho intramolecular Hbond substituents is 1. The highest BCUT2D eigenvalue weighted by atomic mass is 16.5. The molecule has 2 bridgehead atoms. The monoisotopic (exact) mass is 327 g/mol. The highest BCUT2D eigenvalue weighted by Gasteiger charge is 2.72. The van der Waals surface area contributed by atoms with E-state index in [0.717, 1.165) is 24.2 Å². The van der Waals surface area contributed by atoms with Crippen molar-refractivity contribution in [2.75, 3.05) is 13.1 Å². The number of ketones is 1. The number of carbonyl (C=O) groups excluding carboxylic acids is 1. The molecule has 1 spiro atoms. The predicted molar refractivity (Wildman–Crippen MR) is 87.3 cm³/mol. The van der Waals surface area contributed by atoms with E-state index in [1.54, 1.807) is 6.07 Å². The Kier molecular flexibility index (Phi) is 2.66. The molecular formula is C19H21NO4. The second-order valence-corrected chi connectivity index (χ2v) is 7.56. The van der Waals surface area contributed by atoms with E-state index in [2.05, 4.69) is 11.5 Å². The van der Waals surface area contributed by atoms with Gasteiger partial charge in [0.05, 0.1) is 11.0 Å². The summed E-state index contributed by atoms with van der Waals surface area (Å²) >= 11 is 0. The van der Waals surface area contributed by atoms with Crippen LogP contribution < -0.4 is 4.74 Å². The van der Waals surface area contributed by atoms with E-state index in [1.165, 1.54) is 0 Å². The van der Waals surface area contributed by atoms with Gasteiger partial charge in [0.2, 0.25) is 0 Å². The normalized spacial score (nSPS) is 39.3. The maximum Gasteiger partial charge on any atom is 0.174 e. The lowest BCUT2D eigenvalue weighted by Crippen LogP contribution is -2.76. The number of nitrogens with zero attached hydrogens (tertiary/aromatic N) is 1. The molecule has 0 amide bonds. The average Bonchev–Trinajstić information content (AvgIpc) is 2.91. The van der Waals surface area contributed by atoms with Gasteiger partial charge in [0.1, 0.15) is 0 Å². The molecule has 24 heavy (non-hydrogen) atoms. The summed E-state index contributed by atoms with van der Waals surface area (Å²) in [7, 11) is 0. The van der Waals surface area contributed by atoms with Crippen molar-refractivity contribution < 1.29 is 19.7 Å². The molecule has 1 saturated carbocycles. The van der Waals surface area contributed by atoms with Crippen LogP contribution in [0.2, 0.25) is 0 Å². The number of ether oxygens (including phenoxy) is 1. The lowest BCUT2D eigenvalue weighted by molar-refractivity contribution is -0.187. The number of hydrogen-bond donors (Lipinski definition) is 2. The number of piperidine rings is 1. The van der Waals surface area contributed by atoms with E-state index in [4.69, 9.17) is 4.74 Å². The van der Waals surface area contributed by atoms with E-state index in [-0.39, 0.29) is 17.6 Å². The van der Waals surface area contributed by atoms with E-state index in [0.29, 0.717) is 31.4 Å². The fraction of sp³-hybridized carbons (Fsp3) is 0.526. The molecule has 5 heteroatoms. The van der Waals surface area contributed by atoms with Crippen LogP contribution in [0.15, 0.2) is 24.8 Å². The minimum atomic E-state index is -1.00. The quantitative estimate of drug-likeness (QED) is 0.802. The Morgan fingerprint density at radius 3 is 3.04 bits per heavy atom. The van der Waals surface area contributed by atoms with Crippen LogP contribution in [-0.2, 0) is 16.6 Å². The number of hydrogen-bond acceptors (Lipinski definition) is 5. The molecule has 2 heterocycles. The Labute approximate surface area is 140 Å². The number of aliphatic hydroxyl groups is 1. The lowest BCUT2D eigenvalue weighted by atomic mass is 9.49. The Balaban J connectivity index is 1.80. The second-order valence-electron chi connectivity index (χ2n) is 7.56. The highest BCUT2D eigenvalue weighted by Crippen LogP contribution is 2.64. The van der Waals surface area contributed by atoms with Gasteiger partial charge in [-0.1, -0.05) is 12.1 Å². The van der Waals surface area contributed by atoms with E-state index < -0.39 is 17.1 Å². The molecule has 5 nitrogen and oxygen atoms in total. The van der Waals surface area contributed by atoms with Gasteiger partial charge < -0.3 is 14.9 Å². The number of rotatable bonds is 2. The lowest BCUT2D eigenvalue weighted by Gasteiger charge is -2.62. The summed E-state index contributed by atoms with van der Waals surface area (Å²) in [5.41, 5.74) is 0.256. The van der Waals surface area contributed by atoms with Crippen molar-refractivity contribution >= 4 is 5.78 Å². The van der Waals surface area contributed by atoms with Crippen molar-refractivity contribution in [3.8, 4) is 11.5 Å². The minimum Gasteiger partial charge on any atom is -0.504 e. The Morgan fingerprint density at radius 1 is 1.42 bits per heavy atom. The van der Waals surface area contributed by atoms with Crippen LogP contribution in [-0.4, -0.2) is 51.7 Å². The maximum absolute atomic E-state index is 12.6. The minimum absolute atomic E-state index is 0.0408. The summed E-state index contributed by atoms with van der Waals surface area (Å²) < 4.78 is 5.98. The van der Waals surface area contributed by atoms with Crippen molar-refractivity contribution in [2.45, 2.75) is 48.8 Å². The molecule has 5 rings (SSSR count). The highest BCUT2D eigenvalue weighted by molar-refractivity contribution is 5.90. The topological polar surface area (TPSA) is 70.0 Å². The third kappa shape index (κ3) is 1.38. The standard InChI is InChI=1S/C19H21NO4/c1-2-8-20-9-7-18-15-11-3-4-12(21)16(15)24-17(18)13(22)5-6-19(18,23)14(20)10-11/h2-4,14,17,21,23H,1,5-10H2/t14?,17?,18-,19-/m0/s1. The van der Waals surface area contributed by atoms with Crippen molar-refractivity contribution in [2.24, 2.45) is 0 Å². The van der Waals surface area contributed by atoms with Crippen LogP contribution in [0.3, 0.4) is 0 Å². The maximum atomic E-state index is 12.6. The number of phenols is 1. The zero-order valence-corrected chi connectivity index (χ0v) is 13.5. The molecule has 4 atom stereocenters. The van der Waals surface area contributed by atoms with Crippen LogP contribution in [0.5, 0.6) is 11.5 Å². The zero-order valence-electron chi connectivity index (χ0n) is 13.5. The number of aromatic hydroxyl groups is 1. The number of likely N-dealkylation sites (tertiary alicyclic amines) is 1. The Morgan fingerprint density at radius 2 is 2.25 bits per heavy atom. The van der Waals surface area contributed by atoms with Crippen molar-refractivity contribution in [1.82, 2.24) is 4.90 Å². The van der Waals surface area contributed by atoms with E-state index >= 15 is 0 Å². The van der Waals surface area contributed by atoms with Gasteiger partial charge in [-0.05, 0) is 30.9 Å². The van der Waals surface area contributed by atoms with Crippen molar-refractivity contribution in [3.63, 3.8) is 0 Å². The molecule has 2 N–H and O–H groups in total. The van der Waals surface area contributed by atoms with Crippen LogP contribution in [0.1, 0.15) is 30.4 Å². The van der Waals surface area contributed by atoms with Crippen molar-refractivity contribution in [3.05, 3.63) is 35.9 Å². The Hall–Kier alpha value is -1.85. The van der Waals surface area contributed by atoms with Gasteiger partial charge in [0.25, 0.3) is 0 Å². The van der Waals surface area contributed by atoms with E-state index in [9.17, 15) is 15.0 Å². The molecule has 0 aromatic heterocycles. The number of Topliss-reactive ketones (excluding diaryl/α,β-unsaturated/α-hetero) is 1. The summed E-state index contributed by atoms with van der Waals surface area (Å²) in [5.74, 6) is 0.528. The summed E-state index contributed by atoms with van der Waals surface area (Å²) in [6.07, 6.45) is 3.35. The average molecular weight is 327 g/mol. The largest absolute Gasteiger partial charge is 0.504 e. The smallest absolute Gasteiger partial charge is 0.174 e. The summed E-state index contributed by atoms with van der Waals surface area (Å²) in [4.78, 5) is 14.9. The summed E-state index contributed by atoms with van der Waals surface area (Å²) in [6.45, 7) is 5.36. The third-order valence-electron chi connectivity index (χ3n) is 6.73. The molecule has 1 saturated heterocycles. The van der Waals surface area contributed by atoms with Gasteiger partial charge >= 0.3 is 0 Å². The fourth-order valence-corrected chi connectivity index (χ4v) is 5.80. The summed E-state index contributed by atoms with van der Waals surface area (Å²) in [6, 6.07) is 3.52. The Bertz CT molecular complexity index is 775. The predicted octanol–water partition coefficient (Wildman–Crippen LogP) is 1.30. The SMILES string of the molecule is C=CCN1CC[C@]23c4c5ccc(O)c4OC2C(=O)CC[C@]3(O)C1C5. The van der Waals surface area contributed by atoms with Crippen molar-refractivity contribution in [1.29, 1.82) is 0 Å². The second kappa shape index (κ2) is 4.41. The first kappa shape index (κ1) is 14.5. The first-order chi connectivity index (χ1) is 11.5. The van der Waals surface area contributed by atoms with Crippen LogP contribution in [0.25, 0.3) is 0 Å². The zero-order chi connectivity index (χ0) is 16.7. The van der Waals surface area contributed by atoms with Gasteiger partial charge in [-0.25, -0.2) is 0 Å². The molecule has 0 radical (unpaired) electrons. The molecule has 4 aliphatic rings. The fourth-order valence-electron chi connectivity index (χ4n) is 5.80. The summed E-state index contributed by atoms with van der Waals surface area (Å²) in [5, 5.41) is 22.1. The molecule has 2 unspecified atom stereocenters. The van der Waals surface area contributed by atoms with Crippen LogP contribution in [0.4, 0.5) is 0 Å². The third-order valence-corrected chi connectivity index (χ3v) is 6.73. The first-order valence-electron chi connectivity index (χ1n) is 8.65. The van der Waals surface area contributed by atoms with Gasteiger partial charge in [-0.3, -0.25) is 9.69 Å². The van der Waals surface area contributed by atoms with Gasteiger partial charge in [-0.2, -0.15) is 0 Å². The molecule has 126 valence electrons. The molecule has 1 aromatic carbocycles. The number of benzene rings is 1.